The fourth-order valence-electron chi connectivity index (χ4n) is 3.12. The van der Waals surface area contributed by atoms with Gasteiger partial charge in [-0.25, -0.2) is 5.43 Å². The predicted molar refractivity (Wildman–Crippen MR) is 110 cm³/mol. The van der Waals surface area contributed by atoms with E-state index in [0.717, 1.165) is 43.3 Å². The highest BCUT2D eigenvalue weighted by atomic mass is 35.5. The number of halogens is 1. The summed E-state index contributed by atoms with van der Waals surface area (Å²) in [7, 11) is 0. The number of nitrogens with zero attached hydrogens (tertiary/aromatic N) is 3. The summed E-state index contributed by atoms with van der Waals surface area (Å²) in [4.78, 5) is 16.6. The van der Waals surface area contributed by atoms with Crippen molar-refractivity contribution in [3.63, 3.8) is 0 Å². The van der Waals surface area contributed by atoms with Crippen LogP contribution in [0.5, 0.6) is 0 Å². The first kappa shape index (κ1) is 19.5. The van der Waals surface area contributed by atoms with Gasteiger partial charge in [-0.15, -0.1) is 0 Å². The topological polar surface area (TPSA) is 47.9 Å². The molecule has 1 amide bonds. The van der Waals surface area contributed by atoms with Crippen molar-refractivity contribution in [3.8, 4) is 0 Å². The van der Waals surface area contributed by atoms with E-state index in [4.69, 9.17) is 11.6 Å². The first-order chi connectivity index (χ1) is 13.1. The molecular formula is C21H25ClN4O. The van der Waals surface area contributed by atoms with Crippen LogP contribution in [0.2, 0.25) is 5.02 Å². The van der Waals surface area contributed by atoms with Crippen LogP contribution in [-0.4, -0.2) is 54.6 Å². The molecule has 0 bridgehead atoms. The lowest BCUT2D eigenvalue weighted by Crippen LogP contribution is -2.48. The SMILES string of the molecule is Cc1cccc(/C=N\NC(=O)CN2CCN(Cc3ccc(Cl)cc3)CC2)c1. The molecule has 1 aliphatic heterocycles. The van der Waals surface area contributed by atoms with Crippen molar-refractivity contribution in [1.29, 1.82) is 0 Å². The van der Waals surface area contributed by atoms with Gasteiger partial charge in [-0.1, -0.05) is 53.6 Å². The van der Waals surface area contributed by atoms with Crippen molar-refractivity contribution in [3.05, 3.63) is 70.2 Å². The maximum Gasteiger partial charge on any atom is 0.254 e. The van der Waals surface area contributed by atoms with Gasteiger partial charge in [-0.2, -0.15) is 5.10 Å². The third-order valence-electron chi connectivity index (χ3n) is 4.60. The van der Waals surface area contributed by atoms with Gasteiger partial charge < -0.3 is 0 Å². The summed E-state index contributed by atoms with van der Waals surface area (Å²) in [5.74, 6) is -0.0787. The van der Waals surface area contributed by atoms with Gasteiger partial charge in [0.25, 0.3) is 5.91 Å². The van der Waals surface area contributed by atoms with Crippen molar-refractivity contribution in [2.24, 2.45) is 5.10 Å². The maximum atomic E-state index is 12.1. The first-order valence-corrected chi connectivity index (χ1v) is 9.54. The van der Waals surface area contributed by atoms with E-state index >= 15 is 0 Å². The number of carbonyl (C=O) groups is 1. The largest absolute Gasteiger partial charge is 0.297 e. The Morgan fingerprint density at radius 1 is 1.11 bits per heavy atom. The van der Waals surface area contributed by atoms with Gasteiger partial charge in [0.05, 0.1) is 12.8 Å². The lowest BCUT2D eigenvalue weighted by Gasteiger charge is -2.34. The zero-order valence-electron chi connectivity index (χ0n) is 15.6. The molecule has 1 fully saturated rings. The van der Waals surface area contributed by atoms with Crippen molar-refractivity contribution < 1.29 is 4.79 Å². The Hall–Kier alpha value is -2.21. The molecule has 2 aromatic carbocycles. The molecule has 1 aliphatic rings. The Balaban J connectivity index is 1.38. The van der Waals surface area contributed by atoms with E-state index in [2.05, 4.69) is 32.5 Å². The molecule has 0 aliphatic carbocycles. The highest BCUT2D eigenvalue weighted by molar-refractivity contribution is 6.30. The Labute approximate surface area is 165 Å². The van der Waals surface area contributed by atoms with Crippen molar-refractivity contribution in [2.75, 3.05) is 32.7 Å². The molecule has 27 heavy (non-hydrogen) atoms. The molecule has 142 valence electrons. The summed E-state index contributed by atoms with van der Waals surface area (Å²) >= 11 is 5.93. The number of benzene rings is 2. The highest BCUT2D eigenvalue weighted by Crippen LogP contribution is 2.12. The zero-order valence-corrected chi connectivity index (χ0v) is 16.3. The molecule has 0 aromatic heterocycles. The summed E-state index contributed by atoms with van der Waals surface area (Å²) < 4.78 is 0. The van der Waals surface area contributed by atoms with Crippen LogP contribution in [0.3, 0.4) is 0 Å². The predicted octanol–water partition coefficient (Wildman–Crippen LogP) is 2.92. The Morgan fingerprint density at radius 3 is 2.52 bits per heavy atom. The van der Waals surface area contributed by atoms with Gasteiger partial charge in [-0.05, 0) is 30.2 Å². The van der Waals surface area contributed by atoms with E-state index in [1.807, 2.05) is 43.3 Å². The second kappa shape index (κ2) is 9.65. The number of amides is 1. The van der Waals surface area contributed by atoms with Gasteiger partial charge >= 0.3 is 0 Å². The molecule has 0 atom stereocenters. The molecular weight excluding hydrogens is 360 g/mol. The van der Waals surface area contributed by atoms with Crippen LogP contribution in [0.1, 0.15) is 16.7 Å². The smallest absolute Gasteiger partial charge is 0.254 e. The van der Waals surface area contributed by atoms with Crippen LogP contribution in [0.4, 0.5) is 0 Å². The Morgan fingerprint density at radius 2 is 1.81 bits per heavy atom. The van der Waals surface area contributed by atoms with Crippen molar-refractivity contribution in [1.82, 2.24) is 15.2 Å². The molecule has 0 radical (unpaired) electrons. The summed E-state index contributed by atoms with van der Waals surface area (Å²) in [6.45, 7) is 6.97. The van der Waals surface area contributed by atoms with Gasteiger partial charge in [-0.3, -0.25) is 14.6 Å². The number of nitrogens with one attached hydrogen (secondary N) is 1. The average molecular weight is 385 g/mol. The zero-order chi connectivity index (χ0) is 19.1. The van der Waals surface area contributed by atoms with Gasteiger partial charge in [0.1, 0.15) is 0 Å². The normalized spacial score (nSPS) is 15.9. The summed E-state index contributed by atoms with van der Waals surface area (Å²) in [5, 5.41) is 4.82. The van der Waals surface area contributed by atoms with Gasteiger partial charge in [0.2, 0.25) is 0 Å². The molecule has 3 rings (SSSR count). The minimum atomic E-state index is -0.0787. The number of piperazine rings is 1. The van der Waals surface area contributed by atoms with Crippen molar-refractivity contribution >= 4 is 23.7 Å². The number of hydrazone groups is 1. The van der Waals surface area contributed by atoms with Gasteiger partial charge in [0.15, 0.2) is 0 Å². The minimum absolute atomic E-state index is 0.0787. The molecule has 1 heterocycles. The Bertz CT molecular complexity index is 783. The molecule has 1 N–H and O–H groups in total. The number of carbonyl (C=O) groups excluding carboxylic acids is 1. The van der Waals surface area contributed by atoms with Crippen LogP contribution >= 0.6 is 11.6 Å². The lowest BCUT2D eigenvalue weighted by molar-refractivity contribution is -0.122. The van der Waals surface area contributed by atoms with Crippen LogP contribution in [0, 0.1) is 6.92 Å². The fraction of sp³-hybridized carbons (Fsp3) is 0.333. The van der Waals surface area contributed by atoms with E-state index < -0.39 is 0 Å². The van der Waals surface area contributed by atoms with Gasteiger partial charge in [0, 0.05) is 37.7 Å². The second-order valence-electron chi connectivity index (χ2n) is 6.89. The fourth-order valence-corrected chi connectivity index (χ4v) is 3.25. The van der Waals surface area contributed by atoms with E-state index in [9.17, 15) is 4.79 Å². The number of aryl methyl sites for hydroxylation is 1. The number of hydrogen-bond acceptors (Lipinski definition) is 4. The first-order valence-electron chi connectivity index (χ1n) is 9.16. The standard InChI is InChI=1S/C21H25ClN4O/c1-17-3-2-4-19(13-17)14-23-24-21(27)16-26-11-9-25(10-12-26)15-18-5-7-20(22)8-6-18/h2-8,13-14H,9-12,15-16H2,1H3,(H,24,27)/b23-14-. The number of rotatable bonds is 6. The molecule has 0 spiro atoms. The molecule has 2 aromatic rings. The van der Waals surface area contributed by atoms with Crippen LogP contribution in [-0.2, 0) is 11.3 Å². The van der Waals surface area contributed by atoms with E-state index in [1.165, 1.54) is 11.1 Å². The third-order valence-corrected chi connectivity index (χ3v) is 4.85. The quantitative estimate of drug-likeness (QED) is 0.615. The van der Waals surface area contributed by atoms with Crippen molar-refractivity contribution in [2.45, 2.75) is 13.5 Å². The second-order valence-corrected chi connectivity index (χ2v) is 7.32. The third kappa shape index (κ3) is 6.47. The van der Waals surface area contributed by atoms with Crippen LogP contribution in [0.15, 0.2) is 53.6 Å². The summed E-state index contributed by atoms with van der Waals surface area (Å²) in [5.41, 5.74) is 6.02. The van der Waals surface area contributed by atoms with Crippen LogP contribution < -0.4 is 5.43 Å². The molecule has 1 saturated heterocycles. The van der Waals surface area contributed by atoms with E-state index in [0.29, 0.717) is 6.54 Å². The number of hydrogen-bond donors (Lipinski definition) is 1. The molecule has 0 unspecified atom stereocenters. The summed E-state index contributed by atoms with van der Waals surface area (Å²) in [6, 6.07) is 16.0. The maximum absolute atomic E-state index is 12.1. The monoisotopic (exact) mass is 384 g/mol. The summed E-state index contributed by atoms with van der Waals surface area (Å²) in [6.07, 6.45) is 1.68. The highest BCUT2D eigenvalue weighted by Gasteiger charge is 2.18. The van der Waals surface area contributed by atoms with E-state index in [-0.39, 0.29) is 5.91 Å². The molecule has 5 nitrogen and oxygen atoms in total. The Kier molecular flexibility index (Phi) is 6.98. The minimum Gasteiger partial charge on any atom is -0.297 e. The molecule has 6 heteroatoms. The average Bonchev–Trinajstić information content (AvgIpc) is 2.65. The van der Waals surface area contributed by atoms with E-state index in [1.54, 1.807) is 6.21 Å². The van der Waals surface area contributed by atoms with Crippen LogP contribution in [0.25, 0.3) is 0 Å². The lowest BCUT2D eigenvalue weighted by atomic mass is 10.2. The molecule has 0 saturated carbocycles.